The third-order valence-electron chi connectivity index (χ3n) is 22.7. The van der Waals surface area contributed by atoms with Crippen LogP contribution >= 0.6 is 68.6 Å². The van der Waals surface area contributed by atoms with Gasteiger partial charge in [0.05, 0.1) is 23.5 Å². The Morgan fingerprint density at radius 3 is 0.649 bits per heavy atom. The minimum absolute atomic E-state index is 0.176. The van der Waals surface area contributed by atoms with Gasteiger partial charge in [0.15, 0.2) is 0 Å². The predicted octanol–water partition coefficient (Wildman–Crippen LogP) is 31.2. The van der Waals surface area contributed by atoms with Gasteiger partial charge in [-0.15, -0.1) is 0 Å². The molecule has 0 fully saturated rings. The molecule has 7 rings (SSSR count). The fraction of sp³-hybridized carbons (Fsp3) is 0.786. The standard InChI is InChI=1S/C84H134F2I2N4S2/c1-5-9-13-17-21-25-29-33-37-41-45-49-53-57-61-83(62-58-54-50-46-42-38-34-30-26-22-18-14-10-6-2)67-65-69(87)79-81(91-93-89-79)71(67)73-75(83)77(85)74-72-68(66-70(88)80-82(72)92-94-90-80)84(76(74)78(73)86,63-59-55-51-47-43-39-35-31-27-23-19-15-11-7-3)64-60-56-52-48-44-40-36-32-28-24-20-16-12-8-4/h65-66H,5-64H2,1-4H3. The second-order valence-corrected chi connectivity index (χ2v) is 33.5. The zero-order valence-electron chi connectivity index (χ0n) is 60.7. The van der Waals surface area contributed by atoms with E-state index in [1.807, 2.05) is 0 Å². The van der Waals surface area contributed by atoms with Gasteiger partial charge in [0, 0.05) is 51.4 Å². The van der Waals surface area contributed by atoms with E-state index in [1.54, 1.807) is 0 Å². The van der Waals surface area contributed by atoms with Crippen LogP contribution in [0, 0.1) is 18.8 Å². The van der Waals surface area contributed by atoms with Crippen LogP contribution in [-0.4, -0.2) is 17.5 Å². The number of benzene rings is 3. The monoisotopic (exact) mass is 1550 g/mol. The zero-order valence-corrected chi connectivity index (χ0v) is 66.6. The fourth-order valence-electron chi connectivity index (χ4n) is 17.2. The Balaban J connectivity index is 1.18. The summed E-state index contributed by atoms with van der Waals surface area (Å²) in [5, 5.41) is 0. The molecule has 2 aliphatic rings. The van der Waals surface area contributed by atoms with E-state index in [4.69, 9.17) is 17.5 Å². The highest BCUT2D eigenvalue weighted by Crippen LogP contribution is 2.65. The molecule has 2 aromatic heterocycles. The van der Waals surface area contributed by atoms with Crippen molar-refractivity contribution >= 4 is 90.7 Å². The number of hydrogen-bond donors (Lipinski definition) is 0. The smallest absolute Gasteiger partial charge is 0.136 e. The van der Waals surface area contributed by atoms with Gasteiger partial charge < -0.3 is 0 Å². The van der Waals surface area contributed by atoms with Crippen LogP contribution in [0.25, 0.3) is 44.3 Å². The second-order valence-electron chi connectivity index (χ2n) is 30.2. The molecule has 3 aromatic carbocycles. The van der Waals surface area contributed by atoms with Gasteiger partial charge in [0.1, 0.15) is 33.7 Å². The summed E-state index contributed by atoms with van der Waals surface area (Å²) in [6.45, 7) is 9.22. The lowest BCUT2D eigenvalue weighted by molar-refractivity contribution is 0.374. The average molecular weight is 1560 g/mol. The van der Waals surface area contributed by atoms with Crippen molar-refractivity contribution in [1.82, 2.24) is 17.5 Å². The van der Waals surface area contributed by atoms with Crippen molar-refractivity contribution in [1.29, 1.82) is 0 Å². The summed E-state index contributed by atoms with van der Waals surface area (Å²) >= 11 is 7.40. The predicted molar refractivity (Wildman–Crippen MR) is 426 cm³/mol. The molecule has 530 valence electrons. The van der Waals surface area contributed by atoms with Crippen molar-refractivity contribution in [3.05, 3.63) is 53.2 Å². The van der Waals surface area contributed by atoms with Crippen molar-refractivity contribution in [2.75, 3.05) is 0 Å². The first-order chi connectivity index (χ1) is 46.3. The Kier molecular flexibility index (Phi) is 39.9. The van der Waals surface area contributed by atoms with Gasteiger partial charge in [0.25, 0.3) is 0 Å². The number of hydrogen-bond acceptors (Lipinski definition) is 6. The number of nitrogens with zero attached hydrogens (tertiary/aromatic N) is 4. The van der Waals surface area contributed by atoms with Crippen LogP contribution in [0.3, 0.4) is 0 Å². The van der Waals surface area contributed by atoms with Gasteiger partial charge in [-0.3, -0.25) is 0 Å². The van der Waals surface area contributed by atoms with Crippen LogP contribution in [0.5, 0.6) is 0 Å². The molecule has 0 saturated heterocycles. The van der Waals surface area contributed by atoms with Crippen molar-refractivity contribution in [2.45, 2.75) is 424 Å². The average Bonchev–Trinajstić information content (AvgIpc) is 1.50. The van der Waals surface area contributed by atoms with Crippen molar-refractivity contribution in [2.24, 2.45) is 0 Å². The quantitative estimate of drug-likeness (QED) is 0.0288. The normalized spacial score (nSPS) is 13.7. The van der Waals surface area contributed by atoms with Crippen LogP contribution in [0.1, 0.15) is 435 Å². The Labute approximate surface area is 611 Å². The van der Waals surface area contributed by atoms with Gasteiger partial charge in [-0.1, -0.05) is 387 Å². The molecule has 0 amide bonds. The number of rotatable bonds is 60. The van der Waals surface area contributed by atoms with E-state index in [-0.39, 0.29) is 11.6 Å². The van der Waals surface area contributed by atoms with Crippen LogP contribution in [0.15, 0.2) is 12.1 Å². The molecule has 4 nitrogen and oxygen atoms in total. The molecule has 0 bridgehead atoms. The molecular formula is C84H134F2I2N4S2. The van der Waals surface area contributed by atoms with Crippen LogP contribution < -0.4 is 0 Å². The molecule has 0 unspecified atom stereocenters. The van der Waals surface area contributed by atoms with Gasteiger partial charge in [-0.25, -0.2) is 8.78 Å². The number of halogens is 4. The van der Waals surface area contributed by atoms with Crippen LogP contribution in [0.4, 0.5) is 8.78 Å². The van der Waals surface area contributed by atoms with Gasteiger partial charge in [-0.05, 0) is 94.1 Å². The summed E-state index contributed by atoms with van der Waals surface area (Å²) in [5.41, 5.74) is 8.09. The summed E-state index contributed by atoms with van der Waals surface area (Å²) in [7, 11) is 0. The van der Waals surface area contributed by atoms with E-state index >= 15 is 8.78 Å². The number of unbranched alkanes of at least 4 members (excludes halogenated alkanes) is 52. The molecule has 0 radical (unpaired) electrons. The SMILES string of the molecule is CCCCCCCCCCCCCCCCC1(CCCCCCCCCCCCCCCC)c2cc(I)c3nsnc3c2-c2c(F)c3c(c(F)c21)-c1c(cc(I)c2nsnc12)C3(CCCCCCCCCCCCCCCC)CCCCCCCCCCCCCCCC. The maximum Gasteiger partial charge on any atom is 0.136 e. The minimum atomic E-state index is -0.687. The molecule has 2 heterocycles. The Morgan fingerprint density at radius 1 is 0.266 bits per heavy atom. The molecule has 0 atom stereocenters. The lowest BCUT2D eigenvalue weighted by Crippen LogP contribution is -2.29. The van der Waals surface area contributed by atoms with E-state index in [9.17, 15) is 0 Å². The molecule has 2 aliphatic carbocycles. The lowest BCUT2D eigenvalue weighted by atomic mass is 9.68. The van der Waals surface area contributed by atoms with Crippen LogP contribution in [0.2, 0.25) is 0 Å². The highest BCUT2D eigenvalue weighted by molar-refractivity contribution is 14.1. The van der Waals surface area contributed by atoms with Gasteiger partial charge in [0.2, 0.25) is 0 Å². The largest absolute Gasteiger partial charge is 0.206 e. The van der Waals surface area contributed by atoms with Gasteiger partial charge in [-0.2, -0.15) is 17.5 Å². The second kappa shape index (κ2) is 46.9. The highest BCUT2D eigenvalue weighted by atomic mass is 127. The first-order valence-electron chi connectivity index (χ1n) is 40.8. The summed E-state index contributed by atoms with van der Waals surface area (Å²) in [6.07, 6.45) is 75.9. The molecule has 0 spiro atoms. The molecule has 5 aromatic rings. The molecular weight excluding hydrogens is 1420 g/mol. The van der Waals surface area contributed by atoms with E-state index in [0.29, 0.717) is 22.3 Å². The van der Waals surface area contributed by atoms with E-state index < -0.39 is 10.8 Å². The first-order valence-corrected chi connectivity index (χ1v) is 44.4. The molecule has 10 heteroatoms. The third kappa shape index (κ3) is 23.9. The summed E-state index contributed by atoms with van der Waals surface area (Å²) in [4.78, 5) is 0. The highest BCUT2D eigenvalue weighted by Gasteiger charge is 2.55. The van der Waals surface area contributed by atoms with E-state index in [1.165, 1.54) is 332 Å². The Bertz CT molecular complexity index is 2590. The van der Waals surface area contributed by atoms with Crippen molar-refractivity contribution in [3.63, 3.8) is 0 Å². The Hall–Kier alpha value is -1.38. The fourth-order valence-corrected chi connectivity index (χ4v) is 20.0. The summed E-state index contributed by atoms with van der Waals surface area (Å²) in [6, 6.07) is 4.65. The van der Waals surface area contributed by atoms with Crippen molar-refractivity contribution < 1.29 is 8.78 Å². The van der Waals surface area contributed by atoms with Crippen LogP contribution in [-0.2, 0) is 10.8 Å². The molecule has 0 N–H and O–H groups in total. The van der Waals surface area contributed by atoms with E-state index in [0.717, 1.165) is 129 Å². The summed E-state index contributed by atoms with van der Waals surface area (Å²) < 4.78 is 62.2. The van der Waals surface area contributed by atoms with Gasteiger partial charge >= 0.3 is 0 Å². The van der Waals surface area contributed by atoms with E-state index in [2.05, 4.69) is 85.0 Å². The Morgan fingerprint density at radius 2 is 0.447 bits per heavy atom. The van der Waals surface area contributed by atoms with Crippen molar-refractivity contribution in [3.8, 4) is 22.3 Å². The lowest BCUT2D eigenvalue weighted by Gasteiger charge is -2.35. The number of aromatic nitrogens is 4. The molecule has 0 saturated carbocycles. The third-order valence-corrected chi connectivity index (χ3v) is 25.4. The zero-order chi connectivity index (χ0) is 66.3. The maximum absolute atomic E-state index is 20.0. The maximum atomic E-state index is 20.0. The summed E-state index contributed by atoms with van der Waals surface area (Å²) in [5.74, 6) is -0.351. The first kappa shape index (κ1) is 79.9. The molecule has 0 aliphatic heterocycles. The molecule has 94 heavy (non-hydrogen) atoms. The topological polar surface area (TPSA) is 51.6 Å². The number of fused-ring (bicyclic) bond motifs is 10. The minimum Gasteiger partial charge on any atom is -0.206 e.